The first-order valence-electron chi connectivity index (χ1n) is 13.4. The van der Waals surface area contributed by atoms with Gasteiger partial charge >= 0.3 is 0 Å². The Morgan fingerprint density at radius 2 is 1.73 bits per heavy atom. The van der Waals surface area contributed by atoms with Gasteiger partial charge in [-0.3, -0.25) is 14.5 Å². The number of para-hydroxylation sites is 1. The number of nitrogens with zero attached hydrogens (tertiary/aromatic N) is 3. The normalized spacial score (nSPS) is 14.2. The van der Waals surface area contributed by atoms with Crippen molar-refractivity contribution >= 4 is 29.7 Å². The molecule has 1 saturated heterocycles. The highest BCUT2D eigenvalue weighted by Gasteiger charge is 2.22. The molecule has 3 rings (SSSR count). The summed E-state index contributed by atoms with van der Waals surface area (Å²) in [6.45, 7) is 7.43. The molecule has 1 aliphatic heterocycles. The maximum atomic E-state index is 13.0. The van der Waals surface area contributed by atoms with Crippen LogP contribution in [0.25, 0.3) is 6.08 Å². The Labute approximate surface area is 226 Å². The summed E-state index contributed by atoms with van der Waals surface area (Å²) in [6, 6.07) is 18.0. The SMILES string of the molecule is CCCCCC(=O)N(C/C=C/c1ccccc1OC)CCN1CCN(C(=O)CSc2ccccc2)CC1. The zero-order valence-corrected chi connectivity index (χ0v) is 23.1. The lowest BCUT2D eigenvalue weighted by Crippen LogP contribution is -2.51. The van der Waals surface area contributed by atoms with Crippen LogP contribution in [0.1, 0.15) is 38.2 Å². The molecule has 0 atom stereocenters. The average Bonchev–Trinajstić information content (AvgIpc) is 2.94. The Kier molecular flexibility index (Phi) is 12.6. The minimum atomic E-state index is 0.197. The minimum Gasteiger partial charge on any atom is -0.496 e. The van der Waals surface area contributed by atoms with Crippen molar-refractivity contribution in [2.24, 2.45) is 0 Å². The summed E-state index contributed by atoms with van der Waals surface area (Å²) >= 11 is 1.59. The van der Waals surface area contributed by atoms with E-state index in [0.29, 0.717) is 25.3 Å². The second-order valence-corrected chi connectivity index (χ2v) is 10.3. The smallest absolute Gasteiger partial charge is 0.233 e. The highest BCUT2D eigenvalue weighted by Crippen LogP contribution is 2.19. The first-order chi connectivity index (χ1) is 18.1. The van der Waals surface area contributed by atoms with Crippen LogP contribution in [0, 0.1) is 0 Å². The lowest BCUT2D eigenvalue weighted by molar-refractivity contribution is -0.131. The number of thioether (sulfide) groups is 1. The van der Waals surface area contributed by atoms with Gasteiger partial charge in [0, 0.05) is 62.7 Å². The molecule has 0 aromatic heterocycles. The lowest BCUT2D eigenvalue weighted by atomic mass is 10.1. The van der Waals surface area contributed by atoms with Gasteiger partial charge in [-0.15, -0.1) is 11.8 Å². The Morgan fingerprint density at radius 3 is 2.46 bits per heavy atom. The number of hydrogen-bond acceptors (Lipinski definition) is 5. The fourth-order valence-corrected chi connectivity index (χ4v) is 5.17. The second kappa shape index (κ2) is 16.2. The molecular weight excluding hydrogens is 482 g/mol. The van der Waals surface area contributed by atoms with Gasteiger partial charge in [-0.1, -0.05) is 68.3 Å². The summed E-state index contributed by atoms with van der Waals surface area (Å²) in [5.74, 6) is 1.71. The van der Waals surface area contributed by atoms with Crippen molar-refractivity contribution in [2.75, 3.05) is 58.7 Å². The number of benzene rings is 2. The standard InChI is InChI=1S/C30H41N3O3S/c1-3-4-6-17-29(34)32(18-11-13-26-12-9-10-16-28(26)36-2)22-19-31-20-23-33(24-21-31)30(35)25-37-27-14-7-5-8-15-27/h5,7-16H,3-4,6,17-25H2,1-2H3/b13-11+. The van der Waals surface area contributed by atoms with Crippen molar-refractivity contribution in [3.63, 3.8) is 0 Å². The number of unbranched alkanes of at least 4 members (excludes halogenated alkanes) is 2. The number of amides is 2. The van der Waals surface area contributed by atoms with Crippen molar-refractivity contribution in [1.82, 2.24) is 14.7 Å². The molecule has 0 unspecified atom stereocenters. The van der Waals surface area contributed by atoms with Crippen LogP contribution in [0.3, 0.4) is 0 Å². The number of carbonyl (C=O) groups excluding carboxylic acids is 2. The fourth-order valence-electron chi connectivity index (χ4n) is 4.35. The van der Waals surface area contributed by atoms with E-state index in [2.05, 4.69) is 17.9 Å². The van der Waals surface area contributed by atoms with E-state index in [9.17, 15) is 9.59 Å². The van der Waals surface area contributed by atoms with Crippen LogP contribution in [0.4, 0.5) is 0 Å². The number of hydrogen-bond donors (Lipinski definition) is 0. The Morgan fingerprint density at radius 1 is 1.00 bits per heavy atom. The number of carbonyl (C=O) groups is 2. The molecule has 200 valence electrons. The van der Waals surface area contributed by atoms with Crippen LogP contribution < -0.4 is 4.74 Å². The van der Waals surface area contributed by atoms with Gasteiger partial charge in [0.05, 0.1) is 12.9 Å². The van der Waals surface area contributed by atoms with Crippen LogP contribution in [-0.2, 0) is 9.59 Å². The summed E-state index contributed by atoms with van der Waals surface area (Å²) < 4.78 is 5.44. The van der Waals surface area contributed by atoms with Gasteiger partial charge in [0.2, 0.25) is 11.8 Å². The lowest BCUT2D eigenvalue weighted by Gasteiger charge is -2.35. The number of methoxy groups -OCH3 is 1. The third kappa shape index (κ3) is 9.90. The minimum absolute atomic E-state index is 0.197. The molecule has 0 radical (unpaired) electrons. The largest absolute Gasteiger partial charge is 0.496 e. The molecular formula is C30H41N3O3S. The van der Waals surface area contributed by atoms with Crippen LogP contribution in [-0.4, -0.2) is 85.2 Å². The van der Waals surface area contributed by atoms with Crippen molar-refractivity contribution in [2.45, 2.75) is 37.5 Å². The van der Waals surface area contributed by atoms with Crippen molar-refractivity contribution in [1.29, 1.82) is 0 Å². The van der Waals surface area contributed by atoms with Gasteiger partial charge in [0.1, 0.15) is 5.75 Å². The molecule has 1 fully saturated rings. The van der Waals surface area contributed by atoms with E-state index < -0.39 is 0 Å². The zero-order valence-electron chi connectivity index (χ0n) is 22.3. The molecule has 1 heterocycles. The van der Waals surface area contributed by atoms with Gasteiger partial charge in [-0.05, 0) is 24.6 Å². The molecule has 2 aromatic carbocycles. The first kappa shape index (κ1) is 28.8. The van der Waals surface area contributed by atoms with Gasteiger partial charge in [0.25, 0.3) is 0 Å². The van der Waals surface area contributed by atoms with Gasteiger partial charge in [-0.25, -0.2) is 0 Å². The van der Waals surface area contributed by atoms with E-state index in [-0.39, 0.29) is 11.8 Å². The quantitative estimate of drug-likeness (QED) is 0.256. The summed E-state index contributed by atoms with van der Waals surface area (Å²) in [5, 5.41) is 0. The van der Waals surface area contributed by atoms with Crippen molar-refractivity contribution in [3.05, 3.63) is 66.2 Å². The highest BCUT2D eigenvalue weighted by molar-refractivity contribution is 8.00. The zero-order chi connectivity index (χ0) is 26.3. The summed E-state index contributed by atoms with van der Waals surface area (Å²) in [4.78, 5) is 33.1. The second-order valence-electron chi connectivity index (χ2n) is 9.27. The van der Waals surface area contributed by atoms with Crippen LogP contribution in [0.2, 0.25) is 0 Å². The first-order valence-corrected chi connectivity index (χ1v) is 14.3. The van der Waals surface area contributed by atoms with E-state index in [1.54, 1.807) is 18.9 Å². The summed E-state index contributed by atoms with van der Waals surface area (Å²) in [7, 11) is 1.67. The fraction of sp³-hybridized carbons (Fsp3) is 0.467. The van der Waals surface area contributed by atoms with Gasteiger partial charge in [-0.2, -0.15) is 0 Å². The topological polar surface area (TPSA) is 53.1 Å². The van der Waals surface area contributed by atoms with Crippen molar-refractivity contribution < 1.29 is 14.3 Å². The van der Waals surface area contributed by atoms with Gasteiger partial charge < -0.3 is 14.5 Å². The Balaban J connectivity index is 1.47. The molecule has 0 N–H and O–H groups in total. The Hall–Kier alpha value is -2.77. The summed E-state index contributed by atoms with van der Waals surface area (Å²) in [5.41, 5.74) is 1.01. The summed E-state index contributed by atoms with van der Waals surface area (Å²) in [6.07, 6.45) is 7.80. The monoisotopic (exact) mass is 523 g/mol. The average molecular weight is 524 g/mol. The van der Waals surface area contributed by atoms with E-state index in [4.69, 9.17) is 4.74 Å². The van der Waals surface area contributed by atoms with Crippen LogP contribution in [0.5, 0.6) is 5.75 Å². The van der Waals surface area contributed by atoms with Crippen LogP contribution >= 0.6 is 11.8 Å². The predicted octanol–water partition coefficient (Wildman–Crippen LogP) is 5.05. The van der Waals surface area contributed by atoms with Crippen LogP contribution in [0.15, 0.2) is 65.6 Å². The number of rotatable bonds is 14. The van der Waals surface area contributed by atoms with E-state index in [1.165, 1.54) is 0 Å². The Bertz CT molecular complexity index is 991. The molecule has 0 bridgehead atoms. The highest BCUT2D eigenvalue weighted by atomic mass is 32.2. The van der Waals surface area contributed by atoms with E-state index >= 15 is 0 Å². The molecule has 0 aliphatic carbocycles. The number of piperazine rings is 1. The molecule has 6 nitrogen and oxygen atoms in total. The molecule has 2 amide bonds. The van der Waals surface area contributed by atoms with Gasteiger partial charge in [0.15, 0.2) is 0 Å². The van der Waals surface area contributed by atoms with E-state index in [1.807, 2.05) is 70.5 Å². The number of ether oxygens (including phenoxy) is 1. The third-order valence-corrected chi connectivity index (χ3v) is 7.62. The maximum Gasteiger partial charge on any atom is 0.233 e. The molecule has 1 aliphatic rings. The molecule has 0 saturated carbocycles. The molecule has 2 aromatic rings. The predicted molar refractivity (Wildman–Crippen MR) is 153 cm³/mol. The molecule has 37 heavy (non-hydrogen) atoms. The molecule has 7 heteroatoms. The molecule has 0 spiro atoms. The van der Waals surface area contributed by atoms with E-state index in [0.717, 1.165) is 68.2 Å². The maximum absolute atomic E-state index is 13.0. The van der Waals surface area contributed by atoms with Crippen molar-refractivity contribution in [3.8, 4) is 5.75 Å². The third-order valence-electron chi connectivity index (χ3n) is 6.63.